The highest BCUT2D eigenvalue weighted by atomic mass is 16.5. The molecule has 0 unspecified atom stereocenters. The Hall–Kier alpha value is -3.71. The molecule has 3 N–H and O–H groups in total. The molecule has 0 radical (unpaired) electrons. The molecule has 0 bridgehead atoms. The van der Waals surface area contributed by atoms with Gasteiger partial charge in [0.1, 0.15) is 12.4 Å². The van der Waals surface area contributed by atoms with Crippen molar-refractivity contribution in [2.24, 2.45) is 0 Å². The van der Waals surface area contributed by atoms with Crippen LogP contribution in [0.15, 0.2) is 72.9 Å². The third-order valence-electron chi connectivity index (χ3n) is 5.66. The number of para-hydroxylation sites is 1. The Balaban J connectivity index is 1.42. The number of ether oxygens (including phenoxy) is 1. The highest BCUT2D eigenvalue weighted by molar-refractivity contribution is 5.99. The van der Waals surface area contributed by atoms with Gasteiger partial charge in [-0.05, 0) is 48.2 Å². The van der Waals surface area contributed by atoms with Crippen LogP contribution in [0.3, 0.4) is 0 Å². The number of amides is 2. The Bertz CT molecular complexity index is 1060. The van der Waals surface area contributed by atoms with Gasteiger partial charge in [0.25, 0.3) is 0 Å². The van der Waals surface area contributed by atoms with Gasteiger partial charge < -0.3 is 15.2 Å². The lowest BCUT2D eigenvalue weighted by atomic mass is 9.90. The molecule has 32 heavy (non-hydrogen) atoms. The van der Waals surface area contributed by atoms with Crippen molar-refractivity contribution in [2.75, 3.05) is 17.2 Å². The lowest BCUT2D eigenvalue weighted by Gasteiger charge is -2.29. The van der Waals surface area contributed by atoms with Crippen LogP contribution in [0, 0.1) is 0 Å². The fraction of sp³-hybridized carbons (Fsp3) is 0.240. The number of aliphatic carboxylic acids is 1. The average Bonchev–Trinajstić information content (AvgIpc) is 3.29. The molecule has 4 rings (SSSR count). The van der Waals surface area contributed by atoms with E-state index in [1.807, 2.05) is 60.7 Å². The van der Waals surface area contributed by atoms with E-state index in [0.717, 1.165) is 42.4 Å². The molecule has 1 aliphatic rings. The average molecular weight is 431 g/mol. The number of hydrogen-bond donors (Lipinski definition) is 3. The third-order valence-corrected chi connectivity index (χ3v) is 5.66. The lowest BCUT2D eigenvalue weighted by molar-refractivity contribution is -0.150. The van der Waals surface area contributed by atoms with E-state index in [2.05, 4.69) is 15.6 Å². The summed E-state index contributed by atoms with van der Waals surface area (Å²) in [5, 5.41) is 14.5. The first-order chi connectivity index (χ1) is 15.5. The van der Waals surface area contributed by atoms with Crippen LogP contribution >= 0.6 is 0 Å². The minimum Gasteiger partial charge on any atom is -0.480 e. The first-order valence-electron chi connectivity index (χ1n) is 10.6. The number of rotatable bonds is 7. The zero-order valence-electron chi connectivity index (χ0n) is 17.6. The van der Waals surface area contributed by atoms with Crippen LogP contribution in [0.4, 0.5) is 16.3 Å². The maximum Gasteiger partial charge on any atom is 0.329 e. The number of hydrogen-bond acceptors (Lipinski definition) is 4. The molecule has 1 aromatic heterocycles. The molecule has 0 spiro atoms. The zero-order chi connectivity index (χ0) is 22.4. The SMILES string of the molecule is O=C(O)COC1(c2ccc(-c3ccc(NC(=O)Nc4ccccc4)nc3)cc2)CCCC1. The summed E-state index contributed by atoms with van der Waals surface area (Å²) in [6.45, 7) is -0.294. The zero-order valence-corrected chi connectivity index (χ0v) is 17.6. The quantitative estimate of drug-likeness (QED) is 0.474. The van der Waals surface area contributed by atoms with E-state index < -0.39 is 11.6 Å². The molecule has 7 nitrogen and oxygen atoms in total. The van der Waals surface area contributed by atoms with Crippen LogP contribution in [0.1, 0.15) is 31.2 Å². The van der Waals surface area contributed by atoms with E-state index in [9.17, 15) is 9.59 Å². The maximum absolute atomic E-state index is 12.1. The normalized spacial score (nSPS) is 14.6. The Morgan fingerprint density at radius 2 is 1.59 bits per heavy atom. The molecule has 164 valence electrons. The predicted molar refractivity (Wildman–Crippen MR) is 122 cm³/mol. The lowest BCUT2D eigenvalue weighted by Crippen LogP contribution is -2.28. The van der Waals surface area contributed by atoms with Gasteiger partial charge in [-0.3, -0.25) is 5.32 Å². The number of aromatic nitrogens is 1. The second-order valence-corrected chi connectivity index (χ2v) is 7.84. The van der Waals surface area contributed by atoms with Crippen LogP contribution in [0.5, 0.6) is 0 Å². The number of anilines is 2. The molecular formula is C25H25N3O4. The molecule has 1 heterocycles. The van der Waals surface area contributed by atoms with Gasteiger partial charge >= 0.3 is 12.0 Å². The number of carboxylic acid groups (broad SMARTS) is 1. The summed E-state index contributed by atoms with van der Waals surface area (Å²) in [6.07, 6.45) is 5.41. The van der Waals surface area contributed by atoms with Gasteiger partial charge in [0, 0.05) is 17.4 Å². The van der Waals surface area contributed by atoms with Gasteiger partial charge in [-0.1, -0.05) is 55.3 Å². The first-order valence-corrected chi connectivity index (χ1v) is 10.6. The Morgan fingerprint density at radius 3 is 2.22 bits per heavy atom. The molecule has 2 amide bonds. The monoisotopic (exact) mass is 431 g/mol. The van der Waals surface area contributed by atoms with Crippen molar-refractivity contribution in [3.8, 4) is 11.1 Å². The highest BCUT2D eigenvalue weighted by Gasteiger charge is 2.37. The predicted octanol–water partition coefficient (Wildman–Crippen LogP) is 5.26. The van der Waals surface area contributed by atoms with Crippen LogP contribution in [-0.2, 0) is 15.1 Å². The Kier molecular flexibility index (Phi) is 6.47. The number of nitrogens with zero attached hydrogens (tertiary/aromatic N) is 1. The number of carbonyl (C=O) groups is 2. The van der Waals surface area contributed by atoms with Gasteiger partial charge in [0.2, 0.25) is 0 Å². The molecule has 0 saturated heterocycles. The minimum absolute atomic E-state index is 0.294. The Morgan fingerprint density at radius 1 is 0.906 bits per heavy atom. The summed E-state index contributed by atoms with van der Waals surface area (Å²) in [5.41, 5.74) is 3.08. The van der Waals surface area contributed by atoms with E-state index in [1.54, 1.807) is 12.3 Å². The first kappa shape index (κ1) is 21.5. The second-order valence-electron chi connectivity index (χ2n) is 7.84. The van der Waals surface area contributed by atoms with Gasteiger partial charge in [-0.2, -0.15) is 0 Å². The summed E-state index contributed by atoms with van der Waals surface area (Å²) in [7, 11) is 0. The second kappa shape index (κ2) is 9.62. The molecule has 1 saturated carbocycles. The number of benzene rings is 2. The molecule has 2 aromatic carbocycles. The van der Waals surface area contributed by atoms with Crippen LogP contribution < -0.4 is 10.6 Å². The van der Waals surface area contributed by atoms with Crippen molar-refractivity contribution < 1.29 is 19.4 Å². The van der Waals surface area contributed by atoms with E-state index >= 15 is 0 Å². The summed E-state index contributed by atoms with van der Waals surface area (Å²) >= 11 is 0. The number of nitrogens with one attached hydrogen (secondary N) is 2. The number of urea groups is 1. The van der Waals surface area contributed by atoms with E-state index in [4.69, 9.17) is 9.84 Å². The van der Waals surface area contributed by atoms with Crippen LogP contribution in [-0.4, -0.2) is 28.7 Å². The molecule has 1 aliphatic carbocycles. The van der Waals surface area contributed by atoms with Crippen molar-refractivity contribution in [1.29, 1.82) is 0 Å². The summed E-state index contributed by atoms with van der Waals surface area (Å²) in [4.78, 5) is 27.4. The summed E-state index contributed by atoms with van der Waals surface area (Å²) in [6, 6.07) is 20.5. The maximum atomic E-state index is 12.1. The molecule has 0 atom stereocenters. The topological polar surface area (TPSA) is 101 Å². The van der Waals surface area contributed by atoms with E-state index in [-0.39, 0.29) is 12.6 Å². The smallest absolute Gasteiger partial charge is 0.329 e. The minimum atomic E-state index is -0.954. The van der Waals surface area contributed by atoms with E-state index in [0.29, 0.717) is 11.5 Å². The molecule has 1 fully saturated rings. The number of pyridine rings is 1. The van der Waals surface area contributed by atoms with E-state index in [1.165, 1.54) is 0 Å². The van der Waals surface area contributed by atoms with Crippen molar-refractivity contribution in [2.45, 2.75) is 31.3 Å². The van der Waals surface area contributed by atoms with Crippen molar-refractivity contribution >= 4 is 23.5 Å². The largest absolute Gasteiger partial charge is 0.480 e. The fourth-order valence-electron chi connectivity index (χ4n) is 4.07. The fourth-order valence-corrected chi connectivity index (χ4v) is 4.07. The van der Waals surface area contributed by atoms with Gasteiger partial charge in [0.15, 0.2) is 0 Å². The number of carbonyl (C=O) groups excluding carboxylic acids is 1. The van der Waals surface area contributed by atoms with Crippen LogP contribution in [0.2, 0.25) is 0 Å². The van der Waals surface area contributed by atoms with Crippen molar-refractivity contribution in [1.82, 2.24) is 4.98 Å². The molecule has 0 aliphatic heterocycles. The highest BCUT2D eigenvalue weighted by Crippen LogP contribution is 2.42. The van der Waals surface area contributed by atoms with Gasteiger partial charge in [0.05, 0.1) is 5.60 Å². The standard InChI is InChI=1S/C25H25N3O4/c29-23(30)17-32-25(14-4-5-15-25)20-11-8-18(9-12-20)19-10-13-22(26-16-19)28-24(31)27-21-6-2-1-3-7-21/h1-3,6-13,16H,4-5,14-15,17H2,(H,29,30)(H2,26,27,28,31). The Labute approximate surface area is 186 Å². The number of carboxylic acids is 1. The molecule has 3 aromatic rings. The molecule has 7 heteroatoms. The van der Waals surface area contributed by atoms with Gasteiger partial charge in [-0.25, -0.2) is 14.6 Å². The molecular weight excluding hydrogens is 406 g/mol. The van der Waals surface area contributed by atoms with Crippen molar-refractivity contribution in [3.05, 3.63) is 78.5 Å². The summed E-state index contributed by atoms with van der Waals surface area (Å²) in [5.74, 6) is -0.504. The summed E-state index contributed by atoms with van der Waals surface area (Å²) < 4.78 is 5.82. The van der Waals surface area contributed by atoms with Crippen molar-refractivity contribution in [3.63, 3.8) is 0 Å². The van der Waals surface area contributed by atoms with Crippen LogP contribution in [0.25, 0.3) is 11.1 Å². The van der Waals surface area contributed by atoms with Gasteiger partial charge in [-0.15, -0.1) is 0 Å². The third kappa shape index (κ3) is 5.12.